The first kappa shape index (κ1) is 19.7. The first-order valence-electron chi connectivity index (χ1n) is 10.3. The van der Waals surface area contributed by atoms with Crippen LogP contribution in [0.5, 0.6) is 0 Å². The lowest BCUT2D eigenvalue weighted by Gasteiger charge is -2.08. The fourth-order valence-electron chi connectivity index (χ4n) is 4.04. The van der Waals surface area contributed by atoms with E-state index in [0.717, 1.165) is 28.4 Å². The Balaban J connectivity index is 1.33. The van der Waals surface area contributed by atoms with Crippen LogP contribution in [0.1, 0.15) is 17.3 Å². The molecule has 0 fully saturated rings. The van der Waals surface area contributed by atoms with Gasteiger partial charge in [-0.2, -0.15) is 0 Å². The molecule has 0 aliphatic heterocycles. The number of ether oxygens (including phenoxy) is 1. The summed E-state index contributed by atoms with van der Waals surface area (Å²) in [6.07, 6.45) is 3.07. The topological polar surface area (TPSA) is 86.1 Å². The molecule has 5 rings (SSSR count). The van der Waals surface area contributed by atoms with E-state index in [1.54, 1.807) is 24.4 Å². The first-order chi connectivity index (χ1) is 15.7. The van der Waals surface area contributed by atoms with Gasteiger partial charge in [-0.25, -0.2) is 4.79 Å². The molecular formula is C25H20N4O3. The third-order valence-corrected chi connectivity index (χ3v) is 5.43. The molecule has 0 unspecified atom stereocenters. The smallest absolute Gasteiger partial charge is 0.340 e. The van der Waals surface area contributed by atoms with Crippen molar-refractivity contribution in [2.75, 3.05) is 11.9 Å². The molecule has 3 aromatic carbocycles. The maximum Gasteiger partial charge on any atom is 0.340 e. The zero-order valence-electron chi connectivity index (χ0n) is 17.4. The number of carbonyl (C=O) groups is 2. The normalized spacial score (nSPS) is 11.2. The Hall–Kier alpha value is -4.26. The van der Waals surface area contributed by atoms with Crippen LogP contribution in [-0.2, 0) is 16.1 Å². The molecule has 7 nitrogen and oxygen atoms in total. The van der Waals surface area contributed by atoms with Crippen LogP contribution in [0.3, 0.4) is 0 Å². The molecule has 2 heterocycles. The minimum atomic E-state index is -0.618. The Morgan fingerprint density at radius 1 is 0.938 bits per heavy atom. The van der Waals surface area contributed by atoms with E-state index < -0.39 is 18.5 Å². The highest BCUT2D eigenvalue weighted by Crippen LogP contribution is 2.31. The van der Waals surface area contributed by atoms with Gasteiger partial charge < -0.3 is 14.6 Å². The van der Waals surface area contributed by atoms with Crippen LogP contribution in [0.25, 0.3) is 32.8 Å². The van der Waals surface area contributed by atoms with Gasteiger partial charge >= 0.3 is 5.97 Å². The number of rotatable bonds is 5. The van der Waals surface area contributed by atoms with Gasteiger partial charge in [0.1, 0.15) is 5.52 Å². The Morgan fingerprint density at radius 3 is 2.62 bits per heavy atom. The quantitative estimate of drug-likeness (QED) is 0.418. The molecule has 2 aromatic heterocycles. The molecule has 1 amide bonds. The van der Waals surface area contributed by atoms with Crippen LogP contribution in [0.2, 0.25) is 0 Å². The second-order valence-electron chi connectivity index (χ2n) is 7.35. The molecule has 1 N–H and O–H groups in total. The van der Waals surface area contributed by atoms with Gasteiger partial charge in [0, 0.05) is 46.4 Å². The van der Waals surface area contributed by atoms with Gasteiger partial charge in [0.15, 0.2) is 6.61 Å². The molecule has 0 atom stereocenters. The van der Waals surface area contributed by atoms with Gasteiger partial charge in [0.2, 0.25) is 0 Å². The number of esters is 1. The number of hydrogen-bond acceptors (Lipinski definition) is 5. The molecule has 32 heavy (non-hydrogen) atoms. The van der Waals surface area contributed by atoms with E-state index in [2.05, 4.69) is 38.9 Å². The van der Waals surface area contributed by atoms with Crippen LogP contribution in [-0.4, -0.2) is 33.0 Å². The van der Waals surface area contributed by atoms with E-state index in [0.29, 0.717) is 16.7 Å². The van der Waals surface area contributed by atoms with Crippen molar-refractivity contribution in [2.24, 2.45) is 0 Å². The molecule has 0 saturated carbocycles. The summed E-state index contributed by atoms with van der Waals surface area (Å²) in [7, 11) is 0. The molecular weight excluding hydrogens is 404 g/mol. The number of carbonyl (C=O) groups excluding carboxylic acids is 2. The van der Waals surface area contributed by atoms with Crippen molar-refractivity contribution >= 4 is 50.4 Å². The molecule has 0 spiro atoms. The lowest BCUT2D eigenvalue weighted by Crippen LogP contribution is -2.21. The predicted octanol–water partition coefficient (Wildman–Crippen LogP) is 4.55. The number of para-hydroxylation sites is 2. The molecule has 0 radical (unpaired) electrons. The zero-order chi connectivity index (χ0) is 22.1. The number of benzene rings is 3. The summed E-state index contributed by atoms with van der Waals surface area (Å²) in [4.78, 5) is 33.3. The number of nitrogens with one attached hydrogen (secondary N) is 1. The summed E-state index contributed by atoms with van der Waals surface area (Å²) in [6, 6.07) is 19.1. The van der Waals surface area contributed by atoms with Crippen molar-refractivity contribution in [1.82, 2.24) is 14.5 Å². The lowest BCUT2D eigenvalue weighted by atomic mass is 10.1. The third-order valence-electron chi connectivity index (χ3n) is 5.43. The average Bonchev–Trinajstić information content (AvgIpc) is 3.15. The van der Waals surface area contributed by atoms with E-state index >= 15 is 0 Å². The molecule has 0 bridgehead atoms. The number of aryl methyl sites for hydroxylation is 1. The SMILES string of the molecule is CCn1c2ccccc2c2cc(NC(=O)COC(=O)c3cccc4nccnc34)ccc21. The van der Waals surface area contributed by atoms with E-state index in [1.165, 1.54) is 6.20 Å². The number of nitrogens with zero attached hydrogens (tertiary/aromatic N) is 3. The van der Waals surface area contributed by atoms with E-state index in [9.17, 15) is 9.59 Å². The molecule has 5 aromatic rings. The highest BCUT2D eigenvalue weighted by Gasteiger charge is 2.15. The Morgan fingerprint density at radius 2 is 1.75 bits per heavy atom. The minimum absolute atomic E-state index is 0.275. The largest absolute Gasteiger partial charge is 0.452 e. The summed E-state index contributed by atoms with van der Waals surface area (Å²) in [5.74, 6) is -1.03. The van der Waals surface area contributed by atoms with Crippen LogP contribution in [0.4, 0.5) is 5.69 Å². The average molecular weight is 424 g/mol. The van der Waals surface area contributed by atoms with Crippen molar-refractivity contribution in [3.63, 3.8) is 0 Å². The predicted molar refractivity (Wildman–Crippen MR) is 124 cm³/mol. The third kappa shape index (κ3) is 3.43. The van der Waals surface area contributed by atoms with Gasteiger partial charge in [-0.05, 0) is 43.3 Å². The van der Waals surface area contributed by atoms with Crippen LogP contribution in [0.15, 0.2) is 73.1 Å². The zero-order valence-corrected chi connectivity index (χ0v) is 17.4. The summed E-state index contributed by atoms with van der Waals surface area (Å²) in [6.45, 7) is 2.56. The fraction of sp³-hybridized carbons (Fsp3) is 0.120. The number of fused-ring (bicyclic) bond motifs is 4. The summed E-state index contributed by atoms with van der Waals surface area (Å²) in [5, 5.41) is 5.01. The van der Waals surface area contributed by atoms with Gasteiger partial charge in [0.05, 0.1) is 11.1 Å². The number of hydrogen-bond donors (Lipinski definition) is 1. The van der Waals surface area contributed by atoms with E-state index in [1.807, 2.05) is 30.3 Å². The highest BCUT2D eigenvalue weighted by molar-refractivity contribution is 6.10. The highest BCUT2D eigenvalue weighted by atomic mass is 16.5. The van der Waals surface area contributed by atoms with Crippen LogP contribution < -0.4 is 5.32 Å². The van der Waals surface area contributed by atoms with Gasteiger partial charge in [-0.3, -0.25) is 14.8 Å². The Labute approximate surface area is 183 Å². The number of amides is 1. The van der Waals surface area contributed by atoms with Crippen LogP contribution in [0, 0.1) is 0 Å². The Bertz CT molecular complexity index is 1480. The van der Waals surface area contributed by atoms with Crippen molar-refractivity contribution < 1.29 is 14.3 Å². The van der Waals surface area contributed by atoms with Crippen molar-refractivity contribution in [3.05, 3.63) is 78.6 Å². The molecule has 7 heteroatoms. The summed E-state index contributed by atoms with van der Waals surface area (Å²) >= 11 is 0. The maximum atomic E-state index is 12.5. The van der Waals surface area contributed by atoms with Crippen molar-refractivity contribution in [3.8, 4) is 0 Å². The standard InChI is InChI=1S/C25H20N4O3/c1-2-29-21-9-4-3-6-17(21)19-14-16(10-11-22(19)29)28-23(30)15-32-25(31)18-7-5-8-20-24(18)27-13-12-26-20/h3-14H,2,15H2,1H3,(H,28,30). The fourth-order valence-corrected chi connectivity index (χ4v) is 4.04. The second kappa shape index (κ2) is 8.11. The second-order valence-corrected chi connectivity index (χ2v) is 7.35. The molecule has 0 aliphatic rings. The summed E-state index contributed by atoms with van der Waals surface area (Å²) in [5.41, 5.74) is 4.21. The number of anilines is 1. The van der Waals surface area contributed by atoms with E-state index in [-0.39, 0.29) is 5.56 Å². The van der Waals surface area contributed by atoms with Gasteiger partial charge in [-0.15, -0.1) is 0 Å². The monoisotopic (exact) mass is 424 g/mol. The summed E-state index contributed by atoms with van der Waals surface area (Å²) < 4.78 is 7.47. The molecule has 0 aliphatic carbocycles. The van der Waals surface area contributed by atoms with Crippen molar-refractivity contribution in [2.45, 2.75) is 13.5 Å². The van der Waals surface area contributed by atoms with Crippen LogP contribution >= 0.6 is 0 Å². The van der Waals surface area contributed by atoms with Crippen molar-refractivity contribution in [1.29, 1.82) is 0 Å². The molecule has 158 valence electrons. The Kier molecular flexibility index (Phi) is 4.99. The maximum absolute atomic E-state index is 12.5. The first-order valence-corrected chi connectivity index (χ1v) is 10.3. The van der Waals surface area contributed by atoms with Gasteiger partial charge in [0.25, 0.3) is 5.91 Å². The van der Waals surface area contributed by atoms with Gasteiger partial charge in [-0.1, -0.05) is 24.3 Å². The van der Waals surface area contributed by atoms with E-state index in [4.69, 9.17) is 4.74 Å². The number of aromatic nitrogens is 3. The molecule has 0 saturated heterocycles. The minimum Gasteiger partial charge on any atom is -0.452 e. The lowest BCUT2D eigenvalue weighted by molar-refractivity contribution is -0.119.